The summed E-state index contributed by atoms with van der Waals surface area (Å²) < 4.78 is 111. The molecule has 1 radical (unpaired) electrons. The van der Waals surface area contributed by atoms with E-state index in [0.29, 0.717) is 75.0 Å². The quantitative estimate of drug-likeness (QED) is 0.121. The smallest absolute Gasteiger partial charge is 0.537 e. The molecular formula is C52H51BBrF6N4O10. The van der Waals surface area contributed by atoms with E-state index in [-0.39, 0.29) is 44.9 Å². The first-order chi connectivity index (χ1) is 34.8. The van der Waals surface area contributed by atoms with E-state index in [9.17, 15) is 41.1 Å². The van der Waals surface area contributed by atoms with Gasteiger partial charge in [-0.25, -0.2) is 35.9 Å². The molecule has 0 fully saturated rings. The highest BCUT2D eigenvalue weighted by Crippen LogP contribution is 2.35. The van der Waals surface area contributed by atoms with Crippen molar-refractivity contribution >= 4 is 35.8 Å². The Balaban J connectivity index is 0.000000203. The monoisotopic (exact) mass is 1100 g/mol. The van der Waals surface area contributed by atoms with E-state index >= 15 is 4.39 Å². The van der Waals surface area contributed by atoms with Crippen LogP contribution in [-0.4, -0.2) is 82.3 Å². The van der Waals surface area contributed by atoms with Gasteiger partial charge in [0.2, 0.25) is 0 Å². The molecule has 14 nitrogen and oxygen atoms in total. The molecular weight excluding hydrogens is 1050 g/mol. The molecule has 2 aliphatic rings. The van der Waals surface area contributed by atoms with Gasteiger partial charge in [-0.15, -0.1) is 0 Å². The Labute approximate surface area is 431 Å². The molecule has 0 atom stereocenters. The molecule has 0 saturated heterocycles. The average molecular weight is 1100 g/mol. The van der Waals surface area contributed by atoms with Gasteiger partial charge in [-0.2, -0.15) is 0 Å². The number of methoxy groups -OCH3 is 2. The van der Waals surface area contributed by atoms with Crippen molar-refractivity contribution in [1.82, 2.24) is 18.9 Å². The predicted octanol–water partition coefficient (Wildman–Crippen LogP) is 10.1. The fraction of sp³-hybridized carbons (Fsp3) is 0.308. The molecule has 0 aliphatic carbocycles. The highest BCUT2D eigenvalue weighted by atomic mass is 79.9. The minimum atomic E-state index is -0.842. The fourth-order valence-corrected chi connectivity index (χ4v) is 8.26. The number of carbonyl (C=O) groups excluding carboxylic acids is 2. The number of aromatic nitrogens is 2. The first-order valence-electron chi connectivity index (χ1n) is 22.7. The topological polar surface area (TPSA) is 151 Å². The zero-order valence-corrected chi connectivity index (χ0v) is 43.0. The van der Waals surface area contributed by atoms with E-state index in [1.54, 1.807) is 42.7 Å². The maximum Gasteiger partial charge on any atom is 0.569 e. The normalized spacial score (nSPS) is 13.0. The van der Waals surface area contributed by atoms with Gasteiger partial charge in [0.25, 0.3) is 11.1 Å². The molecule has 0 unspecified atom stereocenters. The molecule has 0 bridgehead atoms. The van der Waals surface area contributed by atoms with Gasteiger partial charge in [0.05, 0.1) is 43.2 Å². The van der Waals surface area contributed by atoms with Crippen LogP contribution in [0.3, 0.4) is 0 Å². The molecule has 2 aromatic heterocycles. The molecule has 22 heteroatoms. The second-order valence-corrected chi connectivity index (χ2v) is 19.5. The lowest BCUT2D eigenvalue weighted by atomic mass is 10.0. The molecule has 1 N–H and O–H groups in total. The van der Waals surface area contributed by atoms with Crippen molar-refractivity contribution in [2.24, 2.45) is 0 Å². The number of benzene rings is 4. The summed E-state index contributed by atoms with van der Waals surface area (Å²) in [5.41, 5.74) is 1.34. The number of rotatable bonds is 7. The third kappa shape index (κ3) is 13.9. The minimum Gasteiger partial charge on any atom is -0.537 e. The third-order valence-electron chi connectivity index (χ3n) is 11.0. The van der Waals surface area contributed by atoms with Crippen LogP contribution in [-0.2, 0) is 35.4 Å². The maximum atomic E-state index is 15.2. The Morgan fingerprint density at radius 3 is 1.43 bits per heavy atom. The Kier molecular flexibility index (Phi) is 17.7. The van der Waals surface area contributed by atoms with Crippen molar-refractivity contribution in [3.8, 4) is 39.8 Å². The van der Waals surface area contributed by atoms with E-state index < -0.39 is 63.9 Å². The third-order valence-corrected chi connectivity index (χ3v) is 11.6. The number of hydrogen-bond acceptors (Lipinski definition) is 10. The maximum absolute atomic E-state index is 15.2. The minimum absolute atomic E-state index is 0.000269. The van der Waals surface area contributed by atoms with Crippen molar-refractivity contribution in [1.29, 1.82) is 0 Å². The van der Waals surface area contributed by atoms with E-state index in [1.807, 2.05) is 20.8 Å². The van der Waals surface area contributed by atoms with Crippen molar-refractivity contribution in [3.63, 3.8) is 0 Å². The summed E-state index contributed by atoms with van der Waals surface area (Å²) in [5.74, 6) is -4.01. The number of hydrogen-bond donors (Lipinski definition) is 1. The van der Waals surface area contributed by atoms with Gasteiger partial charge in [-0.3, -0.25) is 18.7 Å². The van der Waals surface area contributed by atoms with E-state index in [2.05, 4.69) is 20.6 Å². The van der Waals surface area contributed by atoms with Gasteiger partial charge in [-0.05, 0) is 111 Å². The summed E-state index contributed by atoms with van der Waals surface area (Å²) in [6.45, 7) is 12.0. The molecule has 0 saturated carbocycles. The molecule has 2 amide bonds. The lowest BCUT2D eigenvalue weighted by Crippen LogP contribution is -2.41. The van der Waals surface area contributed by atoms with Gasteiger partial charge in [0.15, 0.2) is 0 Å². The Morgan fingerprint density at radius 1 is 0.595 bits per heavy atom. The largest absolute Gasteiger partial charge is 0.569 e. The van der Waals surface area contributed by atoms with Crippen molar-refractivity contribution in [3.05, 3.63) is 168 Å². The van der Waals surface area contributed by atoms with E-state index in [4.69, 9.17) is 24.0 Å². The number of ether oxygens (including phenoxy) is 4. The Morgan fingerprint density at radius 2 is 1.01 bits per heavy atom. The molecule has 0 spiro atoms. The second kappa shape index (κ2) is 23.3. The van der Waals surface area contributed by atoms with Crippen LogP contribution in [0.25, 0.3) is 22.5 Å². The van der Waals surface area contributed by atoms with Crippen LogP contribution >= 0.6 is 15.9 Å². The second-order valence-electron chi connectivity index (χ2n) is 18.7. The predicted molar refractivity (Wildman–Crippen MR) is 266 cm³/mol. The number of nitrogens with zero attached hydrogens (tertiary/aromatic N) is 4. The number of halogens is 7. The van der Waals surface area contributed by atoms with Crippen molar-refractivity contribution in [2.75, 3.05) is 27.3 Å². The lowest BCUT2D eigenvalue weighted by molar-refractivity contribution is 0.0212. The highest BCUT2D eigenvalue weighted by molar-refractivity contribution is 9.10. The molecule has 391 valence electrons. The zero-order chi connectivity index (χ0) is 54.4. The lowest BCUT2D eigenvalue weighted by Gasteiger charge is -2.32. The van der Waals surface area contributed by atoms with Crippen molar-refractivity contribution < 1.29 is 64.6 Å². The molecule has 4 aromatic carbocycles. The molecule has 6 aromatic rings. The zero-order valence-electron chi connectivity index (χ0n) is 41.5. The van der Waals surface area contributed by atoms with Gasteiger partial charge >= 0.3 is 19.9 Å². The number of carbonyl (C=O) groups is 2. The Hall–Kier alpha value is -7.20. The fourth-order valence-electron chi connectivity index (χ4n) is 7.94. The first kappa shape index (κ1) is 56.1. The van der Waals surface area contributed by atoms with Gasteiger partial charge in [0, 0.05) is 91.4 Å². The van der Waals surface area contributed by atoms with Crippen LogP contribution in [0.2, 0.25) is 0 Å². The van der Waals surface area contributed by atoms with Gasteiger partial charge in [0.1, 0.15) is 63.4 Å². The standard InChI is InChI=1S/C26H25F3N2O4.C20H22BrFN2O4.C6H4BF2O2/c1-26(2,3)35-25(33)30-8-7-21-15(14-30)5-6-24(32)31(21)22-13-20(29)19(12-23(22)34-4)16-9-17(27)11-18(28)10-16;1-20(2,3)28-19(26)23-8-7-15-12(11-23)5-6-18(25)24(15)16-10-14(22)13(21)9-17(16)27-4;8-4-1-5(9)3-6(2-4)11-7-10/h5-6,9-13H,7-8,14H2,1-4H3;5-6,9-10H,7-8,11H2,1-4H3;1-3,10H. The van der Waals surface area contributed by atoms with Gasteiger partial charge in [-0.1, -0.05) is 0 Å². The van der Waals surface area contributed by atoms with Crippen LogP contribution in [0.5, 0.6) is 17.2 Å². The molecule has 74 heavy (non-hydrogen) atoms. The summed E-state index contributed by atoms with van der Waals surface area (Å²) in [6.07, 6.45) is -0.100. The summed E-state index contributed by atoms with van der Waals surface area (Å²) in [7, 11) is 3.18. The summed E-state index contributed by atoms with van der Waals surface area (Å²) in [6, 6.07) is 16.6. The van der Waals surface area contributed by atoms with Crippen LogP contribution in [0.15, 0.2) is 99.0 Å². The van der Waals surface area contributed by atoms with Gasteiger partial charge < -0.3 is 38.4 Å². The number of fused-ring (bicyclic) bond motifs is 2. The first-order valence-corrected chi connectivity index (χ1v) is 23.5. The summed E-state index contributed by atoms with van der Waals surface area (Å²) in [4.78, 5) is 53.6. The molecule has 8 rings (SSSR count). The number of pyridine rings is 2. The highest BCUT2D eigenvalue weighted by Gasteiger charge is 2.30. The van der Waals surface area contributed by atoms with Crippen LogP contribution < -0.4 is 25.2 Å². The van der Waals surface area contributed by atoms with Crippen LogP contribution in [0, 0.1) is 34.9 Å². The summed E-state index contributed by atoms with van der Waals surface area (Å²) >= 11 is 3.13. The number of amides is 2. The van der Waals surface area contributed by atoms with E-state index in [0.717, 1.165) is 41.6 Å². The molecule has 2 aliphatic heterocycles. The summed E-state index contributed by atoms with van der Waals surface area (Å²) in [5, 5.41) is 8.11. The SMILES string of the molecule is COc1cc(-c2cc(F)cc(F)c2)c(F)cc1-n1c2c(ccc1=O)CN(C(=O)OC(C)(C)C)CC2.COc1cc(Br)c(F)cc1-n1c2c(ccc1=O)CN(C(=O)OC(C)(C)C)CC2.O[B]Oc1cc(F)cc(F)c1. The molecule has 4 heterocycles. The Bertz CT molecular complexity index is 3160. The van der Waals surface area contributed by atoms with Crippen LogP contribution in [0.1, 0.15) is 64.1 Å². The van der Waals surface area contributed by atoms with E-state index in [1.165, 1.54) is 53.7 Å². The van der Waals surface area contributed by atoms with Crippen LogP contribution in [0.4, 0.5) is 35.9 Å². The average Bonchev–Trinajstić information content (AvgIpc) is 3.30. The van der Waals surface area contributed by atoms with Crippen molar-refractivity contribution in [2.45, 2.75) is 78.7 Å².